The molecule has 0 saturated heterocycles. The molecule has 6 nitrogen and oxygen atoms in total. The molecule has 1 unspecified atom stereocenters. The molecule has 0 aromatic carbocycles. The number of ether oxygens (including phenoxy) is 1. The predicted molar refractivity (Wildman–Crippen MR) is 68.3 cm³/mol. The summed E-state index contributed by atoms with van der Waals surface area (Å²) in [6.07, 6.45) is 1.46. The quantitative estimate of drug-likeness (QED) is 0.849. The second kappa shape index (κ2) is 6.03. The van der Waals surface area contributed by atoms with Gasteiger partial charge in [0.15, 0.2) is 5.82 Å². The van der Waals surface area contributed by atoms with Gasteiger partial charge in [-0.15, -0.1) is 11.3 Å². The Kier molecular flexibility index (Phi) is 4.40. The van der Waals surface area contributed by atoms with Gasteiger partial charge in [0.2, 0.25) is 0 Å². The van der Waals surface area contributed by atoms with Crippen molar-refractivity contribution in [3.63, 3.8) is 0 Å². The highest BCUT2D eigenvalue weighted by molar-refractivity contribution is 7.09. The first-order valence-electron chi connectivity index (χ1n) is 5.73. The van der Waals surface area contributed by atoms with Crippen molar-refractivity contribution >= 4 is 11.3 Å². The number of thiazole rings is 1. The van der Waals surface area contributed by atoms with E-state index in [1.54, 1.807) is 18.4 Å². The summed E-state index contributed by atoms with van der Waals surface area (Å²) < 4.78 is 10.3. The van der Waals surface area contributed by atoms with Gasteiger partial charge in [0.25, 0.3) is 5.89 Å². The SMILES string of the molecule is COC(C)Cc1noc(-c2csc(CCN)n2)n1. The molecule has 2 aromatic rings. The molecule has 2 heterocycles. The van der Waals surface area contributed by atoms with Crippen LogP contribution >= 0.6 is 11.3 Å². The predicted octanol–water partition coefficient (Wildman–Crippen LogP) is 1.27. The van der Waals surface area contributed by atoms with Gasteiger partial charge in [0.1, 0.15) is 5.69 Å². The molecule has 0 saturated carbocycles. The summed E-state index contributed by atoms with van der Waals surface area (Å²) >= 11 is 1.55. The Morgan fingerprint density at radius 3 is 3.06 bits per heavy atom. The Morgan fingerprint density at radius 2 is 2.33 bits per heavy atom. The monoisotopic (exact) mass is 268 g/mol. The summed E-state index contributed by atoms with van der Waals surface area (Å²) in [5.74, 6) is 1.08. The van der Waals surface area contributed by atoms with Gasteiger partial charge in [-0.1, -0.05) is 5.16 Å². The highest BCUT2D eigenvalue weighted by Crippen LogP contribution is 2.20. The van der Waals surface area contributed by atoms with E-state index < -0.39 is 0 Å². The smallest absolute Gasteiger partial charge is 0.277 e. The lowest BCUT2D eigenvalue weighted by Crippen LogP contribution is -2.09. The Bertz CT molecular complexity index is 497. The maximum Gasteiger partial charge on any atom is 0.277 e. The second-order valence-corrected chi connectivity index (χ2v) is 4.87. The first-order valence-corrected chi connectivity index (χ1v) is 6.61. The molecule has 0 aliphatic carbocycles. The van der Waals surface area contributed by atoms with E-state index in [2.05, 4.69) is 15.1 Å². The molecule has 2 rings (SSSR count). The summed E-state index contributed by atoms with van der Waals surface area (Å²) in [7, 11) is 1.66. The number of hydrogen-bond acceptors (Lipinski definition) is 7. The van der Waals surface area contributed by atoms with Gasteiger partial charge >= 0.3 is 0 Å². The third-order valence-corrected chi connectivity index (χ3v) is 3.38. The second-order valence-electron chi connectivity index (χ2n) is 3.93. The highest BCUT2D eigenvalue weighted by Gasteiger charge is 2.14. The average molecular weight is 268 g/mol. The minimum absolute atomic E-state index is 0.0682. The van der Waals surface area contributed by atoms with Crippen molar-refractivity contribution in [2.75, 3.05) is 13.7 Å². The molecule has 0 aliphatic heterocycles. The summed E-state index contributed by atoms with van der Waals surface area (Å²) in [5.41, 5.74) is 6.20. The Morgan fingerprint density at radius 1 is 1.50 bits per heavy atom. The van der Waals surface area contributed by atoms with Crippen LogP contribution < -0.4 is 5.73 Å². The van der Waals surface area contributed by atoms with E-state index in [0.717, 1.165) is 11.4 Å². The standard InChI is InChI=1S/C11H16N4O2S/c1-7(16-2)5-9-14-11(17-15-9)8-6-18-10(13-8)3-4-12/h6-7H,3-5,12H2,1-2H3. The van der Waals surface area contributed by atoms with Gasteiger partial charge < -0.3 is 15.0 Å². The van der Waals surface area contributed by atoms with Crippen LogP contribution in [0.2, 0.25) is 0 Å². The summed E-state index contributed by atoms with van der Waals surface area (Å²) in [6.45, 7) is 2.55. The molecule has 18 heavy (non-hydrogen) atoms. The zero-order valence-electron chi connectivity index (χ0n) is 10.4. The van der Waals surface area contributed by atoms with Crippen molar-refractivity contribution in [2.45, 2.75) is 25.9 Å². The summed E-state index contributed by atoms with van der Waals surface area (Å²) in [4.78, 5) is 8.69. The molecule has 2 N–H and O–H groups in total. The van der Waals surface area contributed by atoms with Gasteiger partial charge in [0, 0.05) is 25.3 Å². The van der Waals surface area contributed by atoms with Crippen molar-refractivity contribution in [1.29, 1.82) is 0 Å². The minimum atomic E-state index is 0.0682. The van der Waals surface area contributed by atoms with Crippen molar-refractivity contribution in [1.82, 2.24) is 15.1 Å². The maximum atomic E-state index is 5.48. The van der Waals surface area contributed by atoms with Gasteiger partial charge in [-0.3, -0.25) is 0 Å². The average Bonchev–Trinajstić information content (AvgIpc) is 2.98. The van der Waals surface area contributed by atoms with Crippen molar-refractivity contribution in [3.05, 3.63) is 16.2 Å². The lowest BCUT2D eigenvalue weighted by Gasteiger charge is -2.03. The van der Waals surface area contributed by atoms with Crippen LogP contribution in [-0.4, -0.2) is 34.9 Å². The van der Waals surface area contributed by atoms with Crippen LogP contribution in [0.3, 0.4) is 0 Å². The fourth-order valence-corrected chi connectivity index (χ4v) is 2.22. The van der Waals surface area contributed by atoms with Crippen LogP contribution in [0.1, 0.15) is 17.8 Å². The number of aromatic nitrogens is 3. The number of rotatable bonds is 6. The lowest BCUT2D eigenvalue weighted by atomic mass is 10.3. The van der Waals surface area contributed by atoms with E-state index in [9.17, 15) is 0 Å². The van der Waals surface area contributed by atoms with E-state index in [1.165, 1.54) is 0 Å². The molecule has 0 spiro atoms. The van der Waals surface area contributed by atoms with Crippen LogP contribution in [0.5, 0.6) is 0 Å². The number of hydrogen-bond donors (Lipinski definition) is 1. The Hall–Kier alpha value is -1.31. The van der Waals surface area contributed by atoms with E-state index in [4.69, 9.17) is 15.0 Å². The van der Waals surface area contributed by atoms with Gasteiger partial charge in [-0.2, -0.15) is 4.98 Å². The van der Waals surface area contributed by atoms with E-state index in [0.29, 0.717) is 30.4 Å². The molecule has 98 valence electrons. The Labute approximate surface area is 109 Å². The maximum absolute atomic E-state index is 5.48. The van der Waals surface area contributed by atoms with Crippen LogP contribution in [0.15, 0.2) is 9.90 Å². The van der Waals surface area contributed by atoms with Gasteiger partial charge in [0.05, 0.1) is 11.1 Å². The topological polar surface area (TPSA) is 87.1 Å². The largest absolute Gasteiger partial charge is 0.381 e. The van der Waals surface area contributed by atoms with Crippen molar-refractivity contribution < 1.29 is 9.26 Å². The zero-order valence-corrected chi connectivity index (χ0v) is 11.2. The van der Waals surface area contributed by atoms with E-state index in [1.807, 2.05) is 12.3 Å². The molecular formula is C11H16N4O2S. The summed E-state index contributed by atoms with van der Waals surface area (Å²) in [6, 6.07) is 0. The van der Waals surface area contributed by atoms with Crippen molar-refractivity contribution in [2.24, 2.45) is 5.73 Å². The number of nitrogens with two attached hydrogens (primary N) is 1. The third-order valence-electron chi connectivity index (χ3n) is 2.47. The number of nitrogens with zero attached hydrogens (tertiary/aromatic N) is 3. The van der Waals surface area contributed by atoms with E-state index >= 15 is 0 Å². The molecule has 0 bridgehead atoms. The van der Waals surface area contributed by atoms with Crippen LogP contribution in [-0.2, 0) is 17.6 Å². The normalized spacial score (nSPS) is 12.8. The first-order chi connectivity index (χ1) is 8.72. The Balaban J connectivity index is 2.08. The fourth-order valence-electron chi connectivity index (χ4n) is 1.43. The van der Waals surface area contributed by atoms with Crippen LogP contribution in [0.25, 0.3) is 11.6 Å². The number of methoxy groups -OCH3 is 1. The van der Waals surface area contributed by atoms with Crippen LogP contribution in [0.4, 0.5) is 0 Å². The zero-order chi connectivity index (χ0) is 13.0. The lowest BCUT2D eigenvalue weighted by molar-refractivity contribution is 0.116. The summed E-state index contributed by atoms with van der Waals surface area (Å²) in [5, 5.41) is 6.80. The third kappa shape index (κ3) is 3.12. The van der Waals surface area contributed by atoms with E-state index in [-0.39, 0.29) is 6.10 Å². The minimum Gasteiger partial charge on any atom is -0.381 e. The highest BCUT2D eigenvalue weighted by atomic mass is 32.1. The molecule has 0 fully saturated rings. The molecule has 7 heteroatoms. The van der Waals surface area contributed by atoms with Crippen molar-refractivity contribution in [3.8, 4) is 11.6 Å². The fraction of sp³-hybridized carbons (Fsp3) is 0.545. The molecule has 0 radical (unpaired) electrons. The van der Waals surface area contributed by atoms with Crippen LogP contribution in [0, 0.1) is 0 Å². The first kappa shape index (κ1) is 13.1. The molecule has 0 amide bonds. The molecular weight excluding hydrogens is 252 g/mol. The van der Waals surface area contributed by atoms with Gasteiger partial charge in [-0.05, 0) is 13.5 Å². The molecule has 2 aromatic heterocycles. The van der Waals surface area contributed by atoms with Gasteiger partial charge in [-0.25, -0.2) is 4.98 Å². The molecule has 0 aliphatic rings. The molecule has 1 atom stereocenters.